The van der Waals surface area contributed by atoms with Crippen molar-refractivity contribution in [1.29, 1.82) is 0 Å². The third-order valence-corrected chi connectivity index (χ3v) is 8.16. The van der Waals surface area contributed by atoms with Crippen molar-refractivity contribution >= 4 is 21.3 Å². The van der Waals surface area contributed by atoms with Crippen LogP contribution in [0.25, 0.3) is 10.9 Å². The van der Waals surface area contributed by atoms with Crippen molar-refractivity contribution in [3.8, 4) is 0 Å². The Labute approximate surface area is 123 Å². The lowest BCUT2D eigenvalue weighted by Crippen LogP contribution is -2.35. The summed E-state index contributed by atoms with van der Waals surface area (Å²) in [6.07, 6.45) is 2.00. The van der Waals surface area contributed by atoms with E-state index in [0.29, 0.717) is 0 Å². The van der Waals surface area contributed by atoms with Gasteiger partial charge >= 0.3 is 0 Å². The second-order valence-corrected chi connectivity index (χ2v) is 11.3. The molecule has 0 aliphatic rings. The van der Waals surface area contributed by atoms with Crippen LogP contribution in [0, 0.1) is 0 Å². The van der Waals surface area contributed by atoms with Gasteiger partial charge in [-0.2, -0.15) is 3.89 Å². The molecule has 0 aliphatic heterocycles. The van der Waals surface area contributed by atoms with Gasteiger partial charge in [0.2, 0.25) is 0 Å². The van der Waals surface area contributed by atoms with Crippen molar-refractivity contribution < 1.29 is 3.89 Å². The Hall–Kier alpha value is -0.960. The summed E-state index contributed by atoms with van der Waals surface area (Å²) in [5.41, 5.74) is 1.10. The molecular formula is C17H26FNS. The molecule has 0 radical (unpaired) electrons. The van der Waals surface area contributed by atoms with Gasteiger partial charge in [-0.3, -0.25) is 0 Å². The molecule has 1 heterocycles. The second kappa shape index (κ2) is 4.52. The zero-order valence-electron chi connectivity index (χ0n) is 13.6. The number of halogens is 1. The summed E-state index contributed by atoms with van der Waals surface area (Å²) >= 11 is 0. The normalized spacial score (nSPS) is 14.8. The minimum atomic E-state index is -2.48. The van der Waals surface area contributed by atoms with Crippen molar-refractivity contribution in [3.05, 3.63) is 30.5 Å². The van der Waals surface area contributed by atoms with E-state index in [1.54, 1.807) is 0 Å². The predicted octanol–water partition coefficient (Wildman–Crippen LogP) is 5.82. The highest BCUT2D eigenvalue weighted by molar-refractivity contribution is 8.31. The number of benzene rings is 1. The number of hydrogen-bond acceptors (Lipinski definition) is 0. The van der Waals surface area contributed by atoms with Crippen molar-refractivity contribution in [1.82, 2.24) is 4.57 Å². The number of aryl methyl sites for hydroxylation is 1. The molecule has 0 atom stereocenters. The first-order valence-electron chi connectivity index (χ1n) is 7.06. The quantitative estimate of drug-likeness (QED) is 0.624. The third kappa shape index (κ3) is 2.07. The molecule has 1 aromatic heterocycles. The lowest BCUT2D eigenvalue weighted by Gasteiger charge is -2.51. The molecule has 112 valence electrons. The Morgan fingerprint density at radius 3 is 1.95 bits per heavy atom. The molecule has 20 heavy (non-hydrogen) atoms. The van der Waals surface area contributed by atoms with E-state index < -0.39 is 19.9 Å². The summed E-state index contributed by atoms with van der Waals surface area (Å²) in [5, 5.41) is 1.05. The largest absolute Gasteiger partial charge is 0.349 e. The van der Waals surface area contributed by atoms with E-state index in [2.05, 4.69) is 6.07 Å². The summed E-state index contributed by atoms with van der Waals surface area (Å²) in [6, 6.07) is 8.11. The van der Waals surface area contributed by atoms with Gasteiger partial charge in [-0.15, -0.1) is 0 Å². The third-order valence-electron chi connectivity index (χ3n) is 3.85. The molecule has 0 N–H and O–H groups in total. The Morgan fingerprint density at radius 1 is 0.950 bits per heavy atom. The molecule has 0 amide bonds. The fourth-order valence-electron chi connectivity index (χ4n) is 3.11. The number of nitrogens with zero attached hydrogens (tertiary/aromatic N) is 1. The summed E-state index contributed by atoms with van der Waals surface area (Å²) in [6.45, 7) is 12.1. The second-order valence-electron chi connectivity index (χ2n) is 7.38. The first-order chi connectivity index (χ1) is 9.00. The molecule has 0 bridgehead atoms. The first-order valence-corrected chi connectivity index (χ1v) is 8.60. The van der Waals surface area contributed by atoms with E-state index in [9.17, 15) is 0 Å². The van der Waals surface area contributed by atoms with Crippen LogP contribution < -0.4 is 0 Å². The molecule has 0 unspecified atom stereocenters. The summed E-state index contributed by atoms with van der Waals surface area (Å²) in [4.78, 5) is 0.885. The zero-order chi connectivity index (χ0) is 15.3. The molecule has 2 rings (SSSR count). The van der Waals surface area contributed by atoms with Gasteiger partial charge in [-0.25, -0.2) is 0 Å². The number of para-hydroxylation sites is 1. The van der Waals surface area contributed by atoms with Gasteiger partial charge in [0.1, 0.15) is 0 Å². The Kier molecular flexibility index (Phi) is 3.49. The fraction of sp³-hybridized carbons (Fsp3) is 0.529. The van der Waals surface area contributed by atoms with E-state index in [1.165, 1.54) is 0 Å². The van der Waals surface area contributed by atoms with Gasteiger partial charge in [0.15, 0.2) is 0 Å². The maximum absolute atomic E-state index is 16.4. The molecule has 0 aliphatic carbocycles. The number of aromatic nitrogens is 1. The lowest BCUT2D eigenvalue weighted by molar-refractivity contribution is 0.641. The Bertz CT molecular complexity index is 614. The fourth-order valence-corrected chi connectivity index (χ4v) is 7.04. The molecule has 1 aromatic carbocycles. The van der Waals surface area contributed by atoms with Crippen LogP contribution >= 0.6 is 10.4 Å². The highest BCUT2D eigenvalue weighted by Gasteiger charge is 2.49. The minimum absolute atomic E-state index is 0.393. The van der Waals surface area contributed by atoms with Crippen LogP contribution in [0.2, 0.25) is 0 Å². The van der Waals surface area contributed by atoms with E-state index in [0.717, 1.165) is 15.8 Å². The number of rotatable bonds is 1. The summed E-state index contributed by atoms with van der Waals surface area (Å²) in [7, 11) is -0.480. The van der Waals surface area contributed by atoms with Gasteiger partial charge in [-0.1, -0.05) is 28.6 Å². The average molecular weight is 295 g/mol. The van der Waals surface area contributed by atoms with Crippen molar-refractivity contribution in [3.63, 3.8) is 0 Å². The molecule has 0 spiro atoms. The van der Waals surface area contributed by atoms with Crippen LogP contribution in [0.1, 0.15) is 41.5 Å². The lowest BCUT2D eigenvalue weighted by atomic mass is 10.2. The topological polar surface area (TPSA) is 4.93 Å². The van der Waals surface area contributed by atoms with Gasteiger partial charge in [0, 0.05) is 38.5 Å². The minimum Gasteiger partial charge on any atom is -0.349 e. The van der Waals surface area contributed by atoms with E-state index in [1.807, 2.05) is 77.6 Å². The molecule has 3 heteroatoms. The molecule has 0 saturated heterocycles. The smallest absolute Gasteiger partial charge is 0.0489 e. The van der Waals surface area contributed by atoms with E-state index in [4.69, 9.17) is 0 Å². The van der Waals surface area contributed by atoms with Gasteiger partial charge in [0.25, 0.3) is 0 Å². The predicted molar refractivity (Wildman–Crippen MR) is 89.4 cm³/mol. The molecule has 1 nitrogen and oxygen atoms in total. The maximum Gasteiger partial charge on any atom is 0.0489 e. The zero-order valence-corrected chi connectivity index (χ0v) is 14.4. The molecule has 0 fully saturated rings. The van der Waals surface area contributed by atoms with Gasteiger partial charge in [-0.05, 0) is 47.6 Å². The average Bonchev–Trinajstić information content (AvgIpc) is 2.64. The maximum atomic E-state index is 16.4. The SMILES string of the molecule is Cn1cc(S(F)(C(C)(C)C)C(C)(C)C)c2ccccc21. The monoisotopic (exact) mass is 295 g/mol. The van der Waals surface area contributed by atoms with Gasteiger partial charge < -0.3 is 4.57 Å². The molecule has 0 saturated carbocycles. The number of hydrogen-bond donors (Lipinski definition) is 0. The van der Waals surface area contributed by atoms with Crippen LogP contribution in [0.15, 0.2) is 35.4 Å². The standard InChI is InChI=1S/C17H26FNS/c1-16(2,3)20(18,17(4,5)6)15-12-19(7)14-11-9-8-10-13(14)15/h8-12H,1-7H3. The van der Waals surface area contributed by atoms with Crippen LogP contribution in [0.4, 0.5) is 3.89 Å². The summed E-state index contributed by atoms with van der Waals surface area (Å²) in [5.74, 6) is 0. The Morgan fingerprint density at radius 2 is 1.45 bits per heavy atom. The Balaban J connectivity index is 2.84. The van der Waals surface area contributed by atoms with Crippen LogP contribution in [-0.2, 0) is 7.05 Å². The van der Waals surface area contributed by atoms with Crippen LogP contribution in [0.5, 0.6) is 0 Å². The molecular weight excluding hydrogens is 269 g/mol. The van der Waals surface area contributed by atoms with Crippen molar-refractivity contribution in [2.75, 3.05) is 0 Å². The highest BCUT2D eigenvalue weighted by atomic mass is 32.3. The van der Waals surface area contributed by atoms with Gasteiger partial charge in [0.05, 0.1) is 0 Å². The van der Waals surface area contributed by atoms with Crippen molar-refractivity contribution in [2.45, 2.75) is 55.9 Å². The molecule has 2 aromatic rings. The van der Waals surface area contributed by atoms with Crippen molar-refractivity contribution in [2.24, 2.45) is 7.05 Å². The van der Waals surface area contributed by atoms with E-state index in [-0.39, 0.29) is 0 Å². The van der Waals surface area contributed by atoms with E-state index >= 15 is 3.89 Å². The van der Waals surface area contributed by atoms with Crippen LogP contribution in [-0.4, -0.2) is 14.1 Å². The summed E-state index contributed by atoms with van der Waals surface area (Å²) < 4.78 is 17.6. The van der Waals surface area contributed by atoms with Crippen LogP contribution in [0.3, 0.4) is 0 Å². The highest BCUT2D eigenvalue weighted by Crippen LogP contribution is 2.75. The number of fused-ring (bicyclic) bond motifs is 1. The first kappa shape index (κ1) is 15.4.